The predicted octanol–water partition coefficient (Wildman–Crippen LogP) is 6.26. The summed E-state index contributed by atoms with van der Waals surface area (Å²) in [4.78, 5) is 27.9. The van der Waals surface area contributed by atoms with Crippen LogP contribution in [0.5, 0.6) is 0 Å². The number of hydrogen-bond donors (Lipinski definition) is 0. The summed E-state index contributed by atoms with van der Waals surface area (Å²) in [5.41, 5.74) is 6.38. The van der Waals surface area contributed by atoms with Crippen LogP contribution in [0, 0.1) is 0 Å². The van der Waals surface area contributed by atoms with E-state index in [0.717, 1.165) is 53.4 Å². The minimum Gasteiger partial charge on any atom is -0.368 e. The van der Waals surface area contributed by atoms with E-state index in [1.807, 2.05) is 32.0 Å². The number of carbonyl (C=O) groups is 2. The third kappa shape index (κ3) is 8.02. The standard InChI is InChI=1S/C20H22N2O2.C7H14NP.C2H6/c1-16(24)20-18(15-23)8-5-9-19(20)22-12-10-21(11-13-22)14-17-6-3-2-4-7-17;1-4-7-5-9-8(3)6(7)2;1-2/h2-9,15H,10-14H2,1H3;9H,4-5H2,1-3H3;1-2H3. The molecule has 0 saturated carbocycles. The van der Waals surface area contributed by atoms with E-state index >= 15 is 0 Å². The van der Waals surface area contributed by atoms with Crippen LogP contribution in [-0.2, 0) is 6.54 Å². The van der Waals surface area contributed by atoms with Crippen LogP contribution in [0.2, 0.25) is 0 Å². The van der Waals surface area contributed by atoms with Gasteiger partial charge in [0.05, 0.1) is 5.56 Å². The fourth-order valence-corrected chi connectivity index (χ4v) is 5.70. The summed E-state index contributed by atoms with van der Waals surface area (Å²) in [6.07, 6.45) is 3.33. The monoisotopic (exact) mass is 495 g/mol. The van der Waals surface area contributed by atoms with Crippen molar-refractivity contribution in [3.63, 3.8) is 0 Å². The van der Waals surface area contributed by atoms with Gasteiger partial charge in [0.1, 0.15) is 0 Å². The Balaban J connectivity index is 0.000000329. The second-order valence-corrected chi connectivity index (χ2v) is 9.94. The molecule has 0 spiro atoms. The first-order valence-electron chi connectivity index (χ1n) is 12.7. The molecule has 2 aliphatic heterocycles. The number of nitrogens with zero attached hydrogens (tertiary/aromatic N) is 3. The van der Waals surface area contributed by atoms with Gasteiger partial charge in [-0.05, 0) is 46.2 Å². The Kier molecular flexibility index (Phi) is 12.2. The number of benzene rings is 2. The summed E-state index contributed by atoms with van der Waals surface area (Å²) in [5, 5.41) is 0. The molecule has 2 aromatic carbocycles. The van der Waals surface area contributed by atoms with Gasteiger partial charge in [0.15, 0.2) is 12.1 Å². The highest BCUT2D eigenvalue weighted by Gasteiger charge is 2.22. The Morgan fingerprint density at radius 3 is 2.14 bits per heavy atom. The first-order chi connectivity index (χ1) is 16.9. The van der Waals surface area contributed by atoms with Crippen molar-refractivity contribution >= 4 is 26.5 Å². The summed E-state index contributed by atoms with van der Waals surface area (Å²) in [6.45, 7) is 14.5. The van der Waals surface area contributed by atoms with Crippen LogP contribution in [0.25, 0.3) is 0 Å². The summed E-state index contributed by atoms with van der Waals surface area (Å²) >= 11 is 0. The number of carbonyl (C=O) groups excluding carboxylic acids is 2. The third-order valence-electron chi connectivity index (χ3n) is 6.49. The lowest BCUT2D eigenvalue weighted by molar-refractivity contribution is 0.101. The van der Waals surface area contributed by atoms with Crippen molar-refractivity contribution in [3.8, 4) is 0 Å². The SMILES string of the molecule is CC.CC(=O)c1c(C=O)cccc1N1CCN(Cc2ccccc2)CC1.CCC1=C(C)N(C)PC1. The van der Waals surface area contributed by atoms with Gasteiger partial charge >= 0.3 is 0 Å². The molecule has 35 heavy (non-hydrogen) atoms. The number of Topliss-reactive ketones (excluding diaryl/α,β-unsaturated/α-hetero) is 1. The van der Waals surface area contributed by atoms with E-state index < -0.39 is 0 Å². The van der Waals surface area contributed by atoms with Gasteiger partial charge in [0, 0.05) is 62.9 Å². The Hall–Kier alpha value is -2.49. The smallest absolute Gasteiger partial charge is 0.162 e. The van der Waals surface area contributed by atoms with Crippen LogP contribution in [-0.4, -0.2) is 61.0 Å². The van der Waals surface area contributed by atoms with E-state index in [1.165, 1.54) is 30.8 Å². The topological polar surface area (TPSA) is 43.9 Å². The molecule has 0 radical (unpaired) electrons. The lowest BCUT2D eigenvalue weighted by atomic mass is 10.0. The van der Waals surface area contributed by atoms with Gasteiger partial charge in [-0.15, -0.1) is 0 Å². The Morgan fingerprint density at radius 1 is 1.00 bits per heavy atom. The molecule has 2 heterocycles. The number of hydrogen-bond acceptors (Lipinski definition) is 5. The van der Waals surface area contributed by atoms with Crippen molar-refractivity contribution in [2.45, 2.75) is 47.6 Å². The van der Waals surface area contributed by atoms with Crippen molar-refractivity contribution in [1.29, 1.82) is 0 Å². The number of aldehydes is 1. The van der Waals surface area contributed by atoms with E-state index in [-0.39, 0.29) is 5.78 Å². The molecule has 0 bridgehead atoms. The van der Waals surface area contributed by atoms with Gasteiger partial charge in [-0.25, -0.2) is 0 Å². The van der Waals surface area contributed by atoms with Crippen molar-refractivity contribution in [1.82, 2.24) is 9.57 Å². The molecule has 190 valence electrons. The fourth-order valence-electron chi connectivity index (χ4n) is 4.37. The summed E-state index contributed by atoms with van der Waals surface area (Å²) in [5.74, 6) is -0.0561. The van der Waals surface area contributed by atoms with Crippen LogP contribution in [0.3, 0.4) is 0 Å². The molecule has 0 aliphatic carbocycles. The molecule has 1 fully saturated rings. The van der Waals surface area contributed by atoms with Crippen molar-refractivity contribution in [2.24, 2.45) is 0 Å². The molecule has 0 N–H and O–H groups in total. The minimum atomic E-state index is -0.0561. The number of ketones is 1. The van der Waals surface area contributed by atoms with Crippen molar-refractivity contribution < 1.29 is 9.59 Å². The van der Waals surface area contributed by atoms with Gasteiger partial charge in [0.25, 0.3) is 0 Å². The van der Waals surface area contributed by atoms with Crippen molar-refractivity contribution in [3.05, 3.63) is 76.5 Å². The molecular formula is C29H42N3O2P. The number of piperazine rings is 1. The zero-order chi connectivity index (χ0) is 25.8. The van der Waals surface area contributed by atoms with Crippen LogP contribution in [0.1, 0.15) is 67.3 Å². The fraction of sp³-hybridized carbons (Fsp3) is 0.448. The van der Waals surface area contributed by atoms with Gasteiger partial charge < -0.3 is 9.57 Å². The van der Waals surface area contributed by atoms with Gasteiger partial charge in [-0.3, -0.25) is 14.5 Å². The lowest BCUT2D eigenvalue weighted by Gasteiger charge is -2.37. The summed E-state index contributed by atoms with van der Waals surface area (Å²) < 4.78 is 2.36. The molecule has 1 atom stereocenters. The maximum Gasteiger partial charge on any atom is 0.162 e. The molecule has 2 aromatic rings. The average molecular weight is 496 g/mol. The molecule has 4 rings (SSSR count). The summed E-state index contributed by atoms with van der Waals surface area (Å²) in [7, 11) is 3.19. The normalized spacial score (nSPS) is 16.4. The number of rotatable bonds is 6. The van der Waals surface area contributed by atoms with Gasteiger partial charge in [-0.1, -0.05) is 63.2 Å². The van der Waals surface area contributed by atoms with Crippen molar-refractivity contribution in [2.75, 3.05) is 44.3 Å². The lowest BCUT2D eigenvalue weighted by Crippen LogP contribution is -2.46. The maximum atomic E-state index is 12.0. The van der Waals surface area contributed by atoms with E-state index in [2.05, 4.69) is 59.6 Å². The molecule has 0 amide bonds. The van der Waals surface area contributed by atoms with Gasteiger partial charge in [0.2, 0.25) is 0 Å². The minimum absolute atomic E-state index is 0.0561. The van der Waals surface area contributed by atoms with Crippen LogP contribution in [0.15, 0.2) is 59.8 Å². The highest BCUT2D eigenvalue weighted by Crippen LogP contribution is 2.34. The third-order valence-corrected chi connectivity index (χ3v) is 7.88. The maximum absolute atomic E-state index is 12.0. The van der Waals surface area contributed by atoms with E-state index in [4.69, 9.17) is 0 Å². The zero-order valence-corrected chi connectivity index (χ0v) is 23.3. The molecule has 5 nitrogen and oxygen atoms in total. The zero-order valence-electron chi connectivity index (χ0n) is 22.3. The highest BCUT2D eigenvalue weighted by molar-refractivity contribution is 7.36. The van der Waals surface area contributed by atoms with E-state index in [0.29, 0.717) is 11.1 Å². The molecule has 2 aliphatic rings. The van der Waals surface area contributed by atoms with Gasteiger partial charge in [-0.2, -0.15) is 0 Å². The average Bonchev–Trinajstić information content (AvgIpc) is 3.23. The number of allylic oxidation sites excluding steroid dienone is 2. The predicted molar refractivity (Wildman–Crippen MR) is 151 cm³/mol. The highest BCUT2D eigenvalue weighted by atomic mass is 31.1. The number of anilines is 1. The van der Waals surface area contributed by atoms with E-state index in [1.54, 1.807) is 11.6 Å². The molecule has 0 aromatic heterocycles. The molecule has 1 saturated heterocycles. The quantitative estimate of drug-likeness (QED) is 0.269. The Morgan fingerprint density at radius 2 is 1.66 bits per heavy atom. The molecule has 1 unspecified atom stereocenters. The largest absolute Gasteiger partial charge is 0.368 e. The van der Waals surface area contributed by atoms with Crippen LogP contribution in [0.4, 0.5) is 5.69 Å². The van der Waals surface area contributed by atoms with E-state index in [9.17, 15) is 9.59 Å². The Labute approximate surface area is 214 Å². The molecule has 6 heteroatoms. The van der Waals surface area contributed by atoms with Crippen LogP contribution < -0.4 is 4.90 Å². The second kappa shape index (κ2) is 14.8. The Bertz CT molecular complexity index is 983. The second-order valence-electron chi connectivity index (χ2n) is 8.60. The molecular weight excluding hydrogens is 453 g/mol. The first-order valence-corrected chi connectivity index (χ1v) is 13.9. The van der Waals surface area contributed by atoms with Crippen LogP contribution >= 0.6 is 8.73 Å². The summed E-state index contributed by atoms with van der Waals surface area (Å²) in [6, 6.07) is 16.0. The first kappa shape index (κ1) is 28.7.